The van der Waals surface area contributed by atoms with Crippen molar-refractivity contribution < 1.29 is 22.6 Å². The van der Waals surface area contributed by atoms with E-state index in [0.717, 1.165) is 12.5 Å². The fourth-order valence-electron chi connectivity index (χ4n) is 1.82. The fourth-order valence-corrected chi connectivity index (χ4v) is 2.14. The summed E-state index contributed by atoms with van der Waals surface area (Å²) in [5.74, 6) is -3.52. The monoisotopic (exact) mass is 324 g/mol. The molecule has 106 valence electrons. The highest BCUT2D eigenvalue weighted by Crippen LogP contribution is 2.45. The normalized spacial score (nSPS) is 17.2. The van der Waals surface area contributed by atoms with Gasteiger partial charge in [0.2, 0.25) is 5.82 Å². The Morgan fingerprint density at radius 3 is 2.30 bits per heavy atom. The molecule has 0 bridgehead atoms. The summed E-state index contributed by atoms with van der Waals surface area (Å²) in [5, 5.41) is 0.381. The van der Waals surface area contributed by atoms with Gasteiger partial charge >= 0.3 is 12.0 Å². The van der Waals surface area contributed by atoms with Gasteiger partial charge in [0.25, 0.3) is 0 Å². The van der Waals surface area contributed by atoms with E-state index in [1.807, 2.05) is 0 Å². The first-order valence-corrected chi connectivity index (χ1v) is 6.02. The molecule has 1 aromatic heterocycles. The van der Waals surface area contributed by atoms with Crippen molar-refractivity contribution >= 4 is 34.2 Å². The Balaban J connectivity index is 2.18. The third-order valence-electron chi connectivity index (χ3n) is 2.73. The second kappa shape index (κ2) is 4.20. The van der Waals surface area contributed by atoms with Crippen molar-refractivity contribution in [2.45, 2.75) is 12.0 Å². The van der Waals surface area contributed by atoms with Crippen LogP contribution in [-0.2, 0) is 15.3 Å². The molecule has 0 aliphatic carbocycles. The number of aromatic amines is 1. The second-order valence-electron chi connectivity index (χ2n) is 3.99. The maximum absolute atomic E-state index is 13.2. The molecule has 0 amide bonds. The van der Waals surface area contributed by atoms with E-state index in [1.54, 1.807) is 0 Å². The molecule has 0 fully saturated rings. The zero-order chi connectivity index (χ0) is 14.5. The van der Waals surface area contributed by atoms with E-state index in [1.165, 1.54) is 12.1 Å². The molecule has 1 aromatic carbocycles. The summed E-state index contributed by atoms with van der Waals surface area (Å²) in [5.41, 5.74) is 0.509. The standard InChI is InChI=1S/C11H5Cl2F3N2O2/c12-5-3-7-8(4-6(5)13)18-9(17-7)10(11(14,15)16)19-1-2-20-10/h1-4H,(H,17,18). The Hall–Kier alpha value is -1.60. The zero-order valence-corrected chi connectivity index (χ0v) is 11.0. The van der Waals surface area contributed by atoms with Gasteiger partial charge in [0, 0.05) is 0 Å². The van der Waals surface area contributed by atoms with Gasteiger partial charge in [0.1, 0.15) is 12.5 Å². The number of ether oxygens (including phenoxy) is 2. The topological polar surface area (TPSA) is 47.1 Å². The van der Waals surface area contributed by atoms with Crippen molar-refractivity contribution in [2.24, 2.45) is 0 Å². The minimum atomic E-state index is -4.82. The number of rotatable bonds is 1. The molecule has 1 aliphatic heterocycles. The van der Waals surface area contributed by atoms with Gasteiger partial charge < -0.3 is 14.5 Å². The molecule has 2 heterocycles. The molecule has 0 atom stereocenters. The predicted molar refractivity (Wildman–Crippen MR) is 65.2 cm³/mol. The Kier molecular flexibility index (Phi) is 2.81. The van der Waals surface area contributed by atoms with E-state index in [2.05, 4.69) is 19.4 Å². The summed E-state index contributed by atoms with van der Waals surface area (Å²) in [7, 11) is 0. The van der Waals surface area contributed by atoms with Crippen molar-refractivity contribution in [3.63, 3.8) is 0 Å². The van der Waals surface area contributed by atoms with Crippen LogP contribution >= 0.6 is 23.2 Å². The number of fused-ring (bicyclic) bond motifs is 1. The molecule has 0 spiro atoms. The summed E-state index contributed by atoms with van der Waals surface area (Å²) in [4.78, 5) is 6.32. The number of imidazole rings is 1. The van der Waals surface area contributed by atoms with Gasteiger partial charge in [-0.1, -0.05) is 23.2 Å². The molecule has 1 aliphatic rings. The highest BCUT2D eigenvalue weighted by atomic mass is 35.5. The Morgan fingerprint density at radius 2 is 1.70 bits per heavy atom. The van der Waals surface area contributed by atoms with Crippen molar-refractivity contribution in [3.8, 4) is 0 Å². The van der Waals surface area contributed by atoms with Crippen molar-refractivity contribution in [1.82, 2.24) is 9.97 Å². The lowest BCUT2D eigenvalue weighted by Crippen LogP contribution is -2.44. The first-order valence-electron chi connectivity index (χ1n) is 5.26. The van der Waals surface area contributed by atoms with Crippen LogP contribution in [0.5, 0.6) is 0 Å². The van der Waals surface area contributed by atoms with Crippen LogP contribution in [0, 0.1) is 0 Å². The summed E-state index contributed by atoms with van der Waals surface area (Å²) >= 11 is 11.6. The zero-order valence-electron chi connectivity index (χ0n) is 9.46. The van der Waals surface area contributed by atoms with E-state index in [0.29, 0.717) is 0 Å². The number of halogens is 5. The molecular weight excluding hydrogens is 320 g/mol. The lowest BCUT2D eigenvalue weighted by Gasteiger charge is -2.27. The number of H-pyrrole nitrogens is 1. The largest absolute Gasteiger partial charge is 0.476 e. The maximum Gasteiger partial charge on any atom is 0.476 e. The summed E-state index contributed by atoms with van der Waals surface area (Å²) in [6.45, 7) is 0. The van der Waals surface area contributed by atoms with Gasteiger partial charge in [-0.05, 0) is 12.1 Å². The molecule has 0 unspecified atom stereocenters. The minimum Gasteiger partial charge on any atom is -0.444 e. The highest BCUT2D eigenvalue weighted by Gasteiger charge is 2.65. The Bertz CT molecular complexity index is 664. The number of alkyl halides is 3. The van der Waals surface area contributed by atoms with Gasteiger partial charge in [-0.15, -0.1) is 0 Å². The van der Waals surface area contributed by atoms with E-state index in [4.69, 9.17) is 23.2 Å². The lowest BCUT2D eigenvalue weighted by molar-refractivity contribution is -0.348. The van der Waals surface area contributed by atoms with Crippen LogP contribution in [-0.4, -0.2) is 16.1 Å². The van der Waals surface area contributed by atoms with Crippen LogP contribution < -0.4 is 0 Å². The Labute approximate surface area is 120 Å². The number of hydrogen-bond donors (Lipinski definition) is 1. The summed E-state index contributed by atoms with van der Waals surface area (Å²) < 4.78 is 48.7. The van der Waals surface area contributed by atoms with Crippen molar-refractivity contribution in [2.75, 3.05) is 0 Å². The van der Waals surface area contributed by atoms with Crippen LogP contribution in [0.1, 0.15) is 5.82 Å². The van der Waals surface area contributed by atoms with Crippen LogP contribution in [0.25, 0.3) is 11.0 Å². The van der Waals surface area contributed by atoms with Gasteiger partial charge in [-0.2, -0.15) is 13.2 Å². The molecule has 20 heavy (non-hydrogen) atoms. The average molecular weight is 325 g/mol. The third-order valence-corrected chi connectivity index (χ3v) is 3.45. The van der Waals surface area contributed by atoms with Gasteiger partial charge in [0.15, 0.2) is 0 Å². The maximum atomic E-state index is 13.2. The van der Waals surface area contributed by atoms with Crippen LogP contribution in [0.4, 0.5) is 13.2 Å². The first kappa shape index (κ1) is 13.4. The number of nitrogens with one attached hydrogen (secondary N) is 1. The quantitative estimate of drug-likeness (QED) is 0.859. The van der Waals surface area contributed by atoms with Crippen LogP contribution in [0.15, 0.2) is 24.7 Å². The molecule has 4 nitrogen and oxygen atoms in total. The first-order chi connectivity index (χ1) is 9.33. The Morgan fingerprint density at radius 1 is 1.10 bits per heavy atom. The molecule has 0 saturated carbocycles. The number of aromatic nitrogens is 2. The lowest BCUT2D eigenvalue weighted by atomic mass is 10.2. The molecule has 0 saturated heterocycles. The van der Waals surface area contributed by atoms with Gasteiger partial charge in [-0.3, -0.25) is 0 Å². The smallest absolute Gasteiger partial charge is 0.444 e. The van der Waals surface area contributed by atoms with E-state index >= 15 is 0 Å². The fraction of sp³-hybridized carbons (Fsp3) is 0.182. The van der Waals surface area contributed by atoms with E-state index in [-0.39, 0.29) is 21.1 Å². The number of hydrogen-bond acceptors (Lipinski definition) is 3. The highest BCUT2D eigenvalue weighted by molar-refractivity contribution is 6.42. The summed E-state index contributed by atoms with van der Waals surface area (Å²) in [6.07, 6.45) is -3.21. The SMILES string of the molecule is FC(F)(F)C1(c2nc3cc(Cl)c(Cl)cc3[nH]2)OC=CO1. The molecule has 9 heteroatoms. The van der Waals surface area contributed by atoms with E-state index < -0.39 is 17.8 Å². The van der Waals surface area contributed by atoms with E-state index in [9.17, 15) is 13.2 Å². The van der Waals surface area contributed by atoms with Gasteiger partial charge in [-0.25, -0.2) is 4.98 Å². The summed E-state index contributed by atoms with van der Waals surface area (Å²) in [6, 6.07) is 2.73. The number of benzene rings is 1. The molecule has 3 rings (SSSR count). The molecule has 0 radical (unpaired) electrons. The second-order valence-corrected chi connectivity index (χ2v) is 4.81. The van der Waals surface area contributed by atoms with Crippen molar-refractivity contribution in [3.05, 3.63) is 40.5 Å². The molecular formula is C11H5Cl2F3N2O2. The van der Waals surface area contributed by atoms with Crippen LogP contribution in [0.3, 0.4) is 0 Å². The third kappa shape index (κ3) is 1.81. The average Bonchev–Trinajstić information content (AvgIpc) is 2.95. The van der Waals surface area contributed by atoms with Crippen molar-refractivity contribution in [1.29, 1.82) is 0 Å². The molecule has 2 aromatic rings. The minimum absolute atomic E-state index is 0.185. The molecule has 1 N–H and O–H groups in total. The predicted octanol–water partition coefficient (Wildman–Crippen LogP) is 4.10. The van der Waals surface area contributed by atoms with Crippen LogP contribution in [0.2, 0.25) is 10.0 Å². The number of nitrogens with zero attached hydrogens (tertiary/aromatic N) is 1. The van der Waals surface area contributed by atoms with Gasteiger partial charge in [0.05, 0.1) is 21.1 Å².